The number of nitro benzene ring substituents is 1. The lowest BCUT2D eigenvalue weighted by Crippen LogP contribution is -2.30. The van der Waals surface area contributed by atoms with Gasteiger partial charge in [-0.15, -0.1) is 0 Å². The molecule has 1 aromatic rings. The van der Waals surface area contributed by atoms with E-state index in [9.17, 15) is 19.7 Å². The minimum atomic E-state index is -0.493. The second-order valence-electron chi connectivity index (χ2n) is 6.42. The fourth-order valence-electron chi connectivity index (χ4n) is 3.44. The number of imide groups is 1. The van der Waals surface area contributed by atoms with Gasteiger partial charge >= 0.3 is 0 Å². The maximum atomic E-state index is 12.7. The van der Waals surface area contributed by atoms with E-state index in [2.05, 4.69) is 0 Å². The van der Waals surface area contributed by atoms with E-state index in [1.165, 1.54) is 6.07 Å². The first-order chi connectivity index (χ1) is 10.8. The fourth-order valence-corrected chi connectivity index (χ4v) is 3.44. The van der Waals surface area contributed by atoms with Crippen molar-refractivity contribution < 1.29 is 14.5 Å². The molecule has 23 heavy (non-hydrogen) atoms. The quantitative estimate of drug-likeness (QED) is 0.363. The summed E-state index contributed by atoms with van der Waals surface area (Å²) in [6.07, 6.45) is 1.18. The summed E-state index contributed by atoms with van der Waals surface area (Å²) in [5, 5.41) is 11.1. The fraction of sp³-hybridized carbons (Fsp3) is 0.412. The van der Waals surface area contributed by atoms with Crippen LogP contribution in [0.4, 0.5) is 11.4 Å². The third-order valence-corrected chi connectivity index (χ3v) is 4.99. The maximum absolute atomic E-state index is 12.7. The van der Waals surface area contributed by atoms with Gasteiger partial charge in [-0.25, -0.2) is 4.90 Å². The van der Waals surface area contributed by atoms with Crippen LogP contribution in [-0.4, -0.2) is 16.7 Å². The van der Waals surface area contributed by atoms with Gasteiger partial charge in [0, 0.05) is 11.6 Å². The molecule has 0 saturated carbocycles. The maximum Gasteiger partial charge on any atom is 0.274 e. The molecule has 1 saturated heterocycles. The largest absolute Gasteiger partial charge is 0.274 e. The second kappa shape index (κ2) is 5.30. The molecule has 1 aliphatic carbocycles. The molecule has 2 atom stereocenters. The van der Waals surface area contributed by atoms with E-state index in [1.807, 2.05) is 13.8 Å². The summed E-state index contributed by atoms with van der Waals surface area (Å²) in [5.41, 5.74) is 3.03. The molecule has 0 spiro atoms. The van der Waals surface area contributed by atoms with Crippen molar-refractivity contribution in [3.05, 3.63) is 45.0 Å². The van der Waals surface area contributed by atoms with Crippen LogP contribution in [0.5, 0.6) is 0 Å². The van der Waals surface area contributed by atoms with Gasteiger partial charge in [0.25, 0.3) is 5.69 Å². The summed E-state index contributed by atoms with van der Waals surface area (Å²) in [6, 6.07) is 4.49. The van der Waals surface area contributed by atoms with E-state index in [4.69, 9.17) is 0 Å². The number of fused-ring (bicyclic) bond motifs is 1. The zero-order valence-corrected chi connectivity index (χ0v) is 13.3. The van der Waals surface area contributed by atoms with Crippen LogP contribution in [0.2, 0.25) is 0 Å². The highest BCUT2D eigenvalue weighted by atomic mass is 16.6. The summed E-state index contributed by atoms with van der Waals surface area (Å²) in [4.78, 5) is 37.1. The molecule has 1 aromatic carbocycles. The van der Waals surface area contributed by atoms with Gasteiger partial charge < -0.3 is 0 Å². The van der Waals surface area contributed by atoms with Crippen molar-refractivity contribution >= 4 is 23.2 Å². The number of carbonyl (C=O) groups excluding carboxylic acids is 2. The lowest BCUT2D eigenvalue weighted by molar-refractivity contribution is -0.385. The number of carbonyl (C=O) groups is 2. The molecule has 0 bridgehead atoms. The first-order valence-electron chi connectivity index (χ1n) is 7.59. The Balaban J connectivity index is 2.00. The van der Waals surface area contributed by atoms with Gasteiger partial charge in [0.15, 0.2) is 0 Å². The topological polar surface area (TPSA) is 80.5 Å². The summed E-state index contributed by atoms with van der Waals surface area (Å²) in [7, 11) is 0. The number of anilines is 1. The van der Waals surface area contributed by atoms with Crippen LogP contribution in [0.3, 0.4) is 0 Å². The molecule has 6 heteroatoms. The Morgan fingerprint density at radius 3 is 2.04 bits per heavy atom. The summed E-state index contributed by atoms with van der Waals surface area (Å²) in [6.45, 7) is 5.61. The average molecular weight is 314 g/mol. The van der Waals surface area contributed by atoms with E-state index in [-0.39, 0.29) is 29.3 Å². The minimum absolute atomic E-state index is 0.0801. The van der Waals surface area contributed by atoms with Crippen LogP contribution < -0.4 is 4.90 Å². The zero-order valence-electron chi connectivity index (χ0n) is 13.3. The van der Waals surface area contributed by atoms with Crippen molar-refractivity contribution in [1.29, 1.82) is 0 Å². The molecule has 6 nitrogen and oxygen atoms in total. The van der Waals surface area contributed by atoms with Gasteiger partial charge in [-0.05, 0) is 39.7 Å². The molecule has 2 unspecified atom stereocenters. The van der Waals surface area contributed by atoms with E-state index in [1.54, 1.807) is 19.1 Å². The van der Waals surface area contributed by atoms with Crippen LogP contribution in [0, 0.1) is 28.9 Å². The lowest BCUT2D eigenvalue weighted by Gasteiger charge is -2.23. The van der Waals surface area contributed by atoms with Crippen LogP contribution >= 0.6 is 0 Å². The Labute approximate surface area is 133 Å². The number of amides is 2. The molecule has 0 radical (unpaired) electrons. The Bertz CT molecular complexity index is 734. The molecule has 1 fully saturated rings. The van der Waals surface area contributed by atoms with Crippen LogP contribution in [0.25, 0.3) is 0 Å². The Morgan fingerprint density at radius 1 is 1.04 bits per heavy atom. The normalized spacial score (nSPS) is 24.2. The summed E-state index contributed by atoms with van der Waals surface area (Å²) < 4.78 is 0. The van der Waals surface area contributed by atoms with Crippen molar-refractivity contribution in [3.8, 4) is 0 Å². The van der Waals surface area contributed by atoms with Crippen molar-refractivity contribution in [3.63, 3.8) is 0 Å². The van der Waals surface area contributed by atoms with E-state index >= 15 is 0 Å². The highest BCUT2D eigenvalue weighted by Crippen LogP contribution is 2.42. The SMILES string of the molecule is CC1=C(C)CC2C(=O)N(c3ccc(C)c([N+](=O)[O-])c3)C(=O)C2C1. The molecule has 3 rings (SSSR count). The lowest BCUT2D eigenvalue weighted by atomic mass is 9.78. The average Bonchev–Trinajstić information content (AvgIpc) is 2.72. The van der Waals surface area contributed by atoms with Crippen molar-refractivity contribution in [2.75, 3.05) is 4.90 Å². The molecule has 1 aliphatic heterocycles. The summed E-state index contributed by atoms with van der Waals surface area (Å²) >= 11 is 0. The van der Waals surface area contributed by atoms with Gasteiger partial charge in [0.1, 0.15) is 0 Å². The number of hydrogen-bond donors (Lipinski definition) is 0. The number of allylic oxidation sites excluding steroid dienone is 2. The monoisotopic (exact) mass is 314 g/mol. The number of rotatable bonds is 2. The molecular weight excluding hydrogens is 296 g/mol. The molecule has 0 aromatic heterocycles. The molecule has 2 aliphatic rings. The molecule has 0 N–H and O–H groups in total. The smallest absolute Gasteiger partial charge is 0.274 e. The van der Waals surface area contributed by atoms with Crippen molar-refractivity contribution in [2.24, 2.45) is 11.8 Å². The van der Waals surface area contributed by atoms with E-state index in [0.29, 0.717) is 24.1 Å². The minimum Gasteiger partial charge on any atom is -0.274 e. The number of hydrogen-bond acceptors (Lipinski definition) is 4. The predicted molar refractivity (Wildman–Crippen MR) is 84.9 cm³/mol. The first-order valence-corrected chi connectivity index (χ1v) is 7.59. The number of nitrogens with zero attached hydrogens (tertiary/aromatic N) is 2. The predicted octanol–water partition coefficient (Wildman–Crippen LogP) is 3.14. The molecule has 120 valence electrons. The first kappa shape index (κ1) is 15.4. The van der Waals surface area contributed by atoms with E-state index in [0.717, 1.165) is 16.0 Å². The van der Waals surface area contributed by atoms with Gasteiger partial charge in [-0.1, -0.05) is 17.2 Å². The Hall–Kier alpha value is -2.50. The number of nitro groups is 1. The van der Waals surface area contributed by atoms with Crippen LogP contribution in [0.1, 0.15) is 32.3 Å². The van der Waals surface area contributed by atoms with Gasteiger partial charge in [0.05, 0.1) is 22.4 Å². The van der Waals surface area contributed by atoms with Crippen molar-refractivity contribution in [1.82, 2.24) is 0 Å². The Kier molecular flexibility index (Phi) is 3.55. The van der Waals surface area contributed by atoms with Gasteiger partial charge in [-0.2, -0.15) is 0 Å². The van der Waals surface area contributed by atoms with Gasteiger partial charge in [0.2, 0.25) is 11.8 Å². The summed E-state index contributed by atoms with van der Waals surface area (Å²) in [5.74, 6) is -1.17. The second-order valence-corrected chi connectivity index (χ2v) is 6.42. The van der Waals surface area contributed by atoms with Crippen LogP contribution in [-0.2, 0) is 9.59 Å². The zero-order chi connectivity index (χ0) is 16.9. The third-order valence-electron chi connectivity index (χ3n) is 4.99. The highest BCUT2D eigenvalue weighted by molar-refractivity contribution is 6.22. The Morgan fingerprint density at radius 2 is 1.57 bits per heavy atom. The molecular formula is C17H18N2O4. The highest BCUT2D eigenvalue weighted by Gasteiger charge is 2.49. The number of aryl methyl sites for hydroxylation is 1. The van der Waals surface area contributed by atoms with Crippen molar-refractivity contribution in [2.45, 2.75) is 33.6 Å². The van der Waals surface area contributed by atoms with E-state index < -0.39 is 4.92 Å². The standard InChI is InChI=1S/C17H18N2O4/c1-9-4-5-12(8-15(9)19(22)23)18-16(20)13-6-10(2)11(3)7-14(13)17(18)21/h4-5,8,13-14H,6-7H2,1-3H3. The van der Waals surface area contributed by atoms with Gasteiger partial charge in [-0.3, -0.25) is 19.7 Å². The van der Waals surface area contributed by atoms with Crippen LogP contribution in [0.15, 0.2) is 29.3 Å². The molecule has 2 amide bonds. The molecule has 1 heterocycles. The third kappa shape index (κ3) is 2.34. The number of benzene rings is 1.